The van der Waals surface area contributed by atoms with Crippen LogP contribution < -0.4 is 15.8 Å². The number of para-hydroxylation sites is 2. The summed E-state index contributed by atoms with van der Waals surface area (Å²) in [6.07, 6.45) is 6.05. The van der Waals surface area contributed by atoms with Gasteiger partial charge in [0.15, 0.2) is 9.84 Å². The quantitative estimate of drug-likeness (QED) is 0.559. The van der Waals surface area contributed by atoms with E-state index >= 15 is 0 Å². The zero-order valence-electron chi connectivity index (χ0n) is 17.2. The standard InChI is InChI=1S/C23H21N3O4S2/c1-32(29,30)22-19-15-9-8-14-18(19)20(31-22)21(27)24-25-23(28)26(16-10-4-2-5-11-16)17-12-6-3-7-13-17/h2-7,9-13,15H,8,14H2,1H3,(H,24,27)(H,25,28). The van der Waals surface area contributed by atoms with E-state index in [1.54, 1.807) is 30.3 Å². The summed E-state index contributed by atoms with van der Waals surface area (Å²) < 4.78 is 24.5. The molecule has 0 radical (unpaired) electrons. The number of amides is 3. The number of carbonyl (C=O) groups excluding carboxylic acids is 2. The molecule has 0 unspecified atom stereocenters. The van der Waals surface area contributed by atoms with Crippen molar-refractivity contribution in [3.63, 3.8) is 0 Å². The van der Waals surface area contributed by atoms with E-state index < -0.39 is 21.8 Å². The van der Waals surface area contributed by atoms with Gasteiger partial charge in [-0.05, 0) is 42.7 Å². The predicted octanol–water partition coefficient (Wildman–Crippen LogP) is 4.30. The number of thiophene rings is 1. The van der Waals surface area contributed by atoms with Gasteiger partial charge in [-0.2, -0.15) is 0 Å². The Bertz CT molecular complexity index is 1240. The minimum Gasteiger partial charge on any atom is -0.266 e. The van der Waals surface area contributed by atoms with E-state index in [0.29, 0.717) is 28.9 Å². The van der Waals surface area contributed by atoms with Gasteiger partial charge in [-0.1, -0.05) is 48.6 Å². The molecule has 0 bridgehead atoms. The summed E-state index contributed by atoms with van der Waals surface area (Å²) in [6, 6.07) is 17.5. The third-order valence-corrected chi connectivity index (χ3v) is 8.01. The van der Waals surface area contributed by atoms with Crippen LogP contribution in [0, 0.1) is 0 Å². The zero-order valence-corrected chi connectivity index (χ0v) is 18.9. The normalized spacial score (nSPS) is 12.7. The highest BCUT2D eigenvalue weighted by Gasteiger charge is 2.28. The van der Waals surface area contributed by atoms with Gasteiger partial charge in [-0.3, -0.25) is 15.1 Å². The summed E-state index contributed by atoms with van der Waals surface area (Å²) in [4.78, 5) is 27.7. The smallest absolute Gasteiger partial charge is 0.266 e. The molecule has 4 rings (SSSR count). The highest BCUT2D eigenvalue weighted by atomic mass is 32.2. The van der Waals surface area contributed by atoms with Gasteiger partial charge in [-0.15, -0.1) is 11.3 Å². The Morgan fingerprint density at radius 3 is 2.09 bits per heavy atom. The number of benzene rings is 2. The van der Waals surface area contributed by atoms with Gasteiger partial charge in [-0.25, -0.2) is 18.6 Å². The lowest BCUT2D eigenvalue weighted by atomic mass is 10.00. The first-order valence-corrected chi connectivity index (χ1v) is 12.6. The SMILES string of the molecule is CS(=O)(=O)c1sc(C(=O)NNC(=O)N(c2ccccc2)c2ccccc2)c2c1C=CCC2. The van der Waals surface area contributed by atoms with Gasteiger partial charge in [0.25, 0.3) is 5.91 Å². The lowest BCUT2D eigenvalue weighted by Gasteiger charge is -2.23. The third kappa shape index (κ3) is 4.44. The Hall–Kier alpha value is -3.43. The van der Waals surface area contributed by atoms with Crippen molar-refractivity contribution >= 4 is 50.6 Å². The summed E-state index contributed by atoms with van der Waals surface area (Å²) in [5, 5.41) is 0. The number of nitrogens with zero attached hydrogens (tertiary/aromatic N) is 1. The van der Waals surface area contributed by atoms with Gasteiger partial charge in [0.2, 0.25) is 0 Å². The van der Waals surface area contributed by atoms with Gasteiger partial charge in [0.05, 0.1) is 16.3 Å². The molecule has 0 aliphatic heterocycles. The predicted molar refractivity (Wildman–Crippen MR) is 126 cm³/mol. The molecule has 164 valence electrons. The van der Waals surface area contributed by atoms with E-state index in [2.05, 4.69) is 10.9 Å². The van der Waals surface area contributed by atoms with E-state index in [4.69, 9.17) is 0 Å². The number of anilines is 2. The number of rotatable bonds is 4. The first-order valence-electron chi connectivity index (χ1n) is 9.89. The molecule has 32 heavy (non-hydrogen) atoms. The fraction of sp³-hybridized carbons (Fsp3) is 0.130. The van der Waals surface area contributed by atoms with E-state index in [1.807, 2.05) is 42.5 Å². The van der Waals surface area contributed by atoms with Crippen LogP contribution in [-0.2, 0) is 16.3 Å². The third-order valence-electron chi connectivity index (χ3n) is 4.92. The number of hydrogen-bond acceptors (Lipinski definition) is 5. The summed E-state index contributed by atoms with van der Waals surface area (Å²) >= 11 is 0.927. The zero-order chi connectivity index (χ0) is 22.7. The molecule has 0 fully saturated rings. The van der Waals surface area contributed by atoms with Gasteiger partial charge in [0.1, 0.15) is 4.21 Å². The lowest BCUT2D eigenvalue weighted by Crippen LogP contribution is -2.47. The van der Waals surface area contributed by atoms with Crippen molar-refractivity contribution in [1.82, 2.24) is 10.9 Å². The Morgan fingerprint density at radius 1 is 0.938 bits per heavy atom. The Kier molecular flexibility index (Phi) is 6.11. The van der Waals surface area contributed by atoms with Crippen LogP contribution in [0.5, 0.6) is 0 Å². The summed E-state index contributed by atoms with van der Waals surface area (Å²) in [6.45, 7) is 0. The maximum absolute atomic E-state index is 13.0. The van der Waals surface area contributed by atoms with Crippen LogP contribution in [0.25, 0.3) is 6.08 Å². The molecule has 1 aromatic heterocycles. The van der Waals surface area contributed by atoms with E-state index in [1.165, 1.54) is 4.90 Å². The average molecular weight is 468 g/mol. The van der Waals surface area contributed by atoms with Crippen LogP contribution >= 0.6 is 11.3 Å². The molecule has 3 amide bonds. The molecule has 0 spiro atoms. The molecule has 9 heteroatoms. The number of sulfone groups is 1. The highest BCUT2D eigenvalue weighted by molar-refractivity contribution is 7.92. The lowest BCUT2D eigenvalue weighted by molar-refractivity contribution is 0.0940. The van der Waals surface area contributed by atoms with Crippen molar-refractivity contribution in [3.8, 4) is 0 Å². The summed E-state index contributed by atoms with van der Waals surface area (Å²) in [5.41, 5.74) is 7.41. The van der Waals surface area contributed by atoms with Crippen LogP contribution in [0.2, 0.25) is 0 Å². The Labute approximate surface area is 190 Å². The number of fused-ring (bicyclic) bond motifs is 1. The maximum Gasteiger partial charge on any atom is 0.345 e. The molecule has 0 saturated carbocycles. The molecule has 1 aliphatic carbocycles. The van der Waals surface area contributed by atoms with Crippen LogP contribution in [0.3, 0.4) is 0 Å². The minimum absolute atomic E-state index is 0.162. The minimum atomic E-state index is -3.48. The molecule has 2 N–H and O–H groups in total. The molecule has 1 aliphatic rings. The molecular weight excluding hydrogens is 446 g/mol. The van der Waals surface area contributed by atoms with Crippen molar-refractivity contribution in [2.24, 2.45) is 0 Å². The van der Waals surface area contributed by atoms with Crippen molar-refractivity contribution in [2.45, 2.75) is 17.1 Å². The van der Waals surface area contributed by atoms with Crippen molar-refractivity contribution in [1.29, 1.82) is 0 Å². The summed E-state index contributed by atoms with van der Waals surface area (Å²) in [7, 11) is -3.48. The van der Waals surface area contributed by atoms with Crippen molar-refractivity contribution in [3.05, 3.63) is 82.7 Å². The first kappa shape index (κ1) is 21.8. The second-order valence-electron chi connectivity index (χ2n) is 7.21. The monoisotopic (exact) mass is 467 g/mol. The Morgan fingerprint density at radius 2 is 1.53 bits per heavy atom. The maximum atomic E-state index is 13.0. The average Bonchev–Trinajstić information content (AvgIpc) is 3.20. The fourth-order valence-corrected chi connectivity index (χ4v) is 5.93. The molecule has 3 aromatic rings. The molecule has 7 nitrogen and oxygen atoms in total. The van der Waals surface area contributed by atoms with E-state index in [0.717, 1.165) is 24.0 Å². The van der Waals surface area contributed by atoms with Crippen LogP contribution in [0.1, 0.15) is 27.2 Å². The van der Waals surface area contributed by atoms with Crippen LogP contribution in [-0.4, -0.2) is 26.6 Å². The van der Waals surface area contributed by atoms with Gasteiger partial charge >= 0.3 is 6.03 Å². The number of hydrogen-bond donors (Lipinski definition) is 2. The van der Waals surface area contributed by atoms with Crippen LogP contribution in [0.4, 0.5) is 16.2 Å². The van der Waals surface area contributed by atoms with Crippen LogP contribution in [0.15, 0.2) is 70.9 Å². The van der Waals surface area contributed by atoms with Crippen molar-refractivity contribution < 1.29 is 18.0 Å². The topological polar surface area (TPSA) is 95.6 Å². The number of allylic oxidation sites excluding steroid dienone is 1. The fourth-order valence-electron chi connectivity index (χ4n) is 3.52. The number of urea groups is 1. The van der Waals surface area contributed by atoms with E-state index in [-0.39, 0.29) is 9.09 Å². The highest BCUT2D eigenvalue weighted by Crippen LogP contribution is 2.36. The summed E-state index contributed by atoms with van der Waals surface area (Å²) in [5.74, 6) is -0.550. The largest absolute Gasteiger partial charge is 0.345 e. The van der Waals surface area contributed by atoms with E-state index in [9.17, 15) is 18.0 Å². The number of carbonyl (C=O) groups is 2. The van der Waals surface area contributed by atoms with Crippen molar-refractivity contribution in [2.75, 3.05) is 11.2 Å². The Balaban J connectivity index is 1.58. The van der Waals surface area contributed by atoms with Gasteiger partial charge < -0.3 is 0 Å². The molecule has 2 aromatic carbocycles. The second kappa shape index (κ2) is 8.97. The van der Waals surface area contributed by atoms with Gasteiger partial charge in [0, 0.05) is 11.8 Å². The molecule has 1 heterocycles. The number of nitrogens with one attached hydrogen (secondary N) is 2. The second-order valence-corrected chi connectivity index (χ2v) is 10.4. The molecule has 0 atom stereocenters. The number of hydrazine groups is 1. The first-order chi connectivity index (χ1) is 15.4. The molecular formula is C23H21N3O4S2. The molecule has 0 saturated heterocycles.